The van der Waals surface area contributed by atoms with Gasteiger partial charge in [-0.2, -0.15) is 0 Å². The van der Waals surface area contributed by atoms with E-state index in [-0.39, 0.29) is 52.2 Å². The number of piperidine rings is 3. The number of carbonyl (C=O) groups is 3. The summed E-state index contributed by atoms with van der Waals surface area (Å²) in [5.74, 6) is -2.59. The molecule has 0 unspecified atom stereocenters. The lowest BCUT2D eigenvalue weighted by molar-refractivity contribution is 0.0445. The van der Waals surface area contributed by atoms with Crippen molar-refractivity contribution in [3.05, 3.63) is 65.0 Å². The van der Waals surface area contributed by atoms with E-state index >= 15 is 4.57 Å². The van der Waals surface area contributed by atoms with Crippen LogP contribution in [0.15, 0.2) is 0 Å². The minimum atomic E-state index is -5.02. The Labute approximate surface area is 539 Å². The van der Waals surface area contributed by atoms with Crippen LogP contribution in [-0.4, -0.2) is 189 Å². The van der Waals surface area contributed by atoms with Gasteiger partial charge in [-0.1, -0.05) is 89.6 Å². The molecular formula is C51H72Cl3N18O13PS3. The molecule has 488 valence electrons. The van der Waals surface area contributed by atoms with Crippen LogP contribution in [0.25, 0.3) is 0 Å². The number of nitrogens with zero attached hydrogens (tertiary/aromatic N) is 15. The number of carbonyl (C=O) groups excluding carboxylic acids is 3. The molecule has 9 heterocycles. The van der Waals surface area contributed by atoms with Crippen LogP contribution in [0.2, 0.25) is 15.5 Å². The number of methoxy groups -OCH3 is 3. The minimum Gasteiger partial charge on any atom is -0.386 e. The number of aliphatic hydroxyl groups excluding tert-OH is 3. The van der Waals surface area contributed by atoms with Crippen LogP contribution in [0, 0.1) is 0 Å². The molecule has 0 bridgehead atoms. The summed E-state index contributed by atoms with van der Waals surface area (Å²) in [6, 6.07) is -1.58. The Kier molecular flexibility index (Phi) is 23.1. The molecule has 0 radical (unpaired) electrons. The van der Waals surface area contributed by atoms with Gasteiger partial charge in [0.1, 0.15) is 53.5 Å². The lowest BCUT2D eigenvalue weighted by Crippen LogP contribution is -2.55. The molecular weight excluding hydrogens is 1310 g/mol. The molecule has 9 rings (SSSR count). The van der Waals surface area contributed by atoms with Crippen molar-refractivity contribution >= 4 is 110 Å². The largest absolute Gasteiger partial charge is 0.480 e. The number of phosphoric acid groups is 1. The average molecular weight is 1380 g/mol. The van der Waals surface area contributed by atoms with E-state index in [1.54, 1.807) is 41.5 Å². The summed E-state index contributed by atoms with van der Waals surface area (Å²) in [7, 11) is -0.444. The second kappa shape index (κ2) is 30.1. The van der Waals surface area contributed by atoms with Crippen LogP contribution in [0.3, 0.4) is 0 Å². The second-order valence-corrected chi connectivity index (χ2v) is 26.9. The molecule has 3 aliphatic rings. The number of nitrogens with one attached hydrogen (secondary N) is 3. The van der Waals surface area contributed by atoms with Crippen LogP contribution >= 0.6 is 76.6 Å². The quantitative estimate of drug-likeness (QED) is 0.0364. The zero-order valence-electron chi connectivity index (χ0n) is 50.2. The topological polar surface area (TPSA) is 361 Å². The Morgan fingerprint density at radius 3 is 1.01 bits per heavy atom. The zero-order valence-corrected chi connectivity index (χ0v) is 55.9. The highest BCUT2D eigenvalue weighted by molar-refractivity contribution is 7.48. The maximum Gasteiger partial charge on any atom is 0.480 e. The standard InChI is InChI=1S/C51H72Cl3N18O13PS3/c1-10-31-37(52)58-40(43(76)55-28-13-16-67(19-34(28)80-7)49-64-61-46(87-49)25(4)73)70(31)22-83-86(79,84-23-71-32(11-2)38(53)59-41(71)44(77)56-29-14-17-68(20-35(29)81-8)50-65-62-47(88-50)26(5)74)85-24-72-33(12-3)39(54)60-42(72)45(78)57-30-15-18-69(21-36(30)82-9)51-66-63-48(89-51)27(6)75/h25-30,34-36,73-75H,10-24H2,1-9H3,(H,55,76)(H,56,77)(H,57,78)/t25-,26-,27-,28+,29+,30+,34-,35-,36-/m0/s1. The van der Waals surface area contributed by atoms with Gasteiger partial charge < -0.3 is 60.2 Å². The number of aliphatic hydroxyl groups is 3. The summed E-state index contributed by atoms with van der Waals surface area (Å²) >= 11 is 24.0. The van der Waals surface area contributed by atoms with Gasteiger partial charge in [0.25, 0.3) is 17.7 Å². The first-order valence-electron chi connectivity index (χ1n) is 28.7. The van der Waals surface area contributed by atoms with Crippen molar-refractivity contribution in [2.75, 3.05) is 75.3 Å². The fourth-order valence-corrected chi connectivity index (χ4v) is 15.0. The van der Waals surface area contributed by atoms with Crippen LogP contribution in [0.4, 0.5) is 15.4 Å². The predicted octanol–water partition coefficient (Wildman–Crippen LogP) is 5.14. The number of hydrogen-bond donors (Lipinski definition) is 6. The highest BCUT2D eigenvalue weighted by Gasteiger charge is 2.39. The molecule has 31 nitrogen and oxygen atoms in total. The molecule has 3 saturated heterocycles. The number of aromatic nitrogens is 12. The molecule has 3 aliphatic heterocycles. The van der Waals surface area contributed by atoms with E-state index in [4.69, 9.17) is 62.6 Å². The molecule has 89 heavy (non-hydrogen) atoms. The van der Waals surface area contributed by atoms with Gasteiger partial charge in [-0.25, -0.2) is 19.5 Å². The molecule has 3 amide bonds. The van der Waals surface area contributed by atoms with Crippen molar-refractivity contribution in [1.82, 2.24) is 75.2 Å². The third kappa shape index (κ3) is 15.5. The molecule has 0 aromatic carbocycles. The molecule has 3 fully saturated rings. The first-order valence-corrected chi connectivity index (χ1v) is 33.7. The van der Waals surface area contributed by atoms with Gasteiger partial charge in [-0.3, -0.25) is 41.7 Å². The number of phosphoric ester groups is 1. The zero-order chi connectivity index (χ0) is 64.0. The lowest BCUT2D eigenvalue weighted by atomic mass is 10.0. The van der Waals surface area contributed by atoms with Crippen molar-refractivity contribution in [3.63, 3.8) is 0 Å². The van der Waals surface area contributed by atoms with E-state index in [2.05, 4.69) is 61.5 Å². The first-order chi connectivity index (χ1) is 42.6. The van der Waals surface area contributed by atoms with Crippen molar-refractivity contribution in [1.29, 1.82) is 0 Å². The minimum absolute atomic E-state index is 0.0343. The first kappa shape index (κ1) is 68.2. The third-order valence-corrected chi connectivity index (χ3v) is 21.1. The number of amides is 3. The van der Waals surface area contributed by atoms with Crippen LogP contribution in [0.1, 0.15) is 143 Å². The Morgan fingerprint density at radius 2 is 0.787 bits per heavy atom. The van der Waals surface area contributed by atoms with Crippen LogP contribution < -0.4 is 30.7 Å². The van der Waals surface area contributed by atoms with Crippen molar-refractivity contribution < 1.29 is 62.1 Å². The summed E-state index contributed by atoms with van der Waals surface area (Å²) in [4.78, 5) is 62.5. The highest BCUT2D eigenvalue weighted by Crippen LogP contribution is 2.51. The maximum absolute atomic E-state index is 15.7. The number of anilines is 3. The van der Waals surface area contributed by atoms with Crippen LogP contribution in [0.5, 0.6) is 0 Å². The molecule has 6 aromatic heterocycles. The summed E-state index contributed by atoms with van der Waals surface area (Å²) in [6.45, 7) is 10.5. The van der Waals surface area contributed by atoms with Gasteiger partial charge in [0.15, 0.2) is 15.5 Å². The summed E-state index contributed by atoms with van der Waals surface area (Å²) in [6.07, 6.45) is -2.02. The lowest BCUT2D eigenvalue weighted by Gasteiger charge is -2.37. The predicted molar refractivity (Wildman–Crippen MR) is 329 cm³/mol. The molecule has 6 N–H and O–H groups in total. The van der Waals surface area contributed by atoms with Gasteiger partial charge in [0.2, 0.25) is 32.9 Å². The van der Waals surface area contributed by atoms with Crippen LogP contribution in [-0.2, 0) is 71.8 Å². The van der Waals surface area contributed by atoms with Crippen molar-refractivity contribution in [2.24, 2.45) is 0 Å². The Balaban J connectivity index is 0.972. The highest BCUT2D eigenvalue weighted by atomic mass is 35.5. The van der Waals surface area contributed by atoms with Gasteiger partial charge in [0, 0.05) is 60.6 Å². The third-order valence-electron chi connectivity index (χ3n) is 15.4. The number of ether oxygens (including phenoxy) is 3. The Bertz CT molecular complexity index is 3130. The van der Waals surface area contributed by atoms with Gasteiger partial charge >= 0.3 is 7.82 Å². The van der Waals surface area contributed by atoms with Gasteiger partial charge in [-0.15, -0.1) is 30.6 Å². The van der Waals surface area contributed by atoms with E-state index < -0.39 is 100 Å². The van der Waals surface area contributed by atoms with Crippen molar-refractivity contribution in [3.8, 4) is 0 Å². The molecule has 0 saturated carbocycles. The maximum atomic E-state index is 15.7. The number of rotatable bonds is 27. The molecule has 38 heteroatoms. The van der Waals surface area contributed by atoms with E-state index in [9.17, 15) is 29.7 Å². The van der Waals surface area contributed by atoms with E-state index in [1.165, 1.54) is 69.0 Å². The Hall–Kier alpha value is -5.14. The summed E-state index contributed by atoms with van der Waals surface area (Å²) < 4.78 is 55.9. The molecule has 0 spiro atoms. The van der Waals surface area contributed by atoms with E-state index in [0.717, 1.165) is 0 Å². The summed E-state index contributed by atoms with van der Waals surface area (Å²) in [5.41, 5.74) is 0.986. The molecule has 9 atom stereocenters. The van der Waals surface area contributed by atoms with Gasteiger partial charge in [-0.05, 0) is 59.3 Å². The SMILES string of the molecule is CCc1c(Cl)nc(C(=O)N[C@@H]2CCN(c3nnc([C@H](C)O)s3)C[C@@H]2OC)n1COP(=O)(OCn1c(C(=O)N[C@@H]2CCN(c3nnc([C@H](C)O)s3)C[C@@H]2OC)nc(Cl)c1CC)OCn1c(C(=O)N[C@@H]2CCN(c3nnc([C@H](C)O)s3)C[C@@H]2OC)nc(Cl)c1CC. The van der Waals surface area contributed by atoms with Crippen molar-refractivity contribution in [2.45, 2.75) is 155 Å². The van der Waals surface area contributed by atoms with E-state index in [0.29, 0.717) is 106 Å². The Morgan fingerprint density at radius 1 is 0.517 bits per heavy atom. The summed E-state index contributed by atoms with van der Waals surface area (Å²) in [5, 5.41) is 67.4. The monoisotopic (exact) mass is 1380 g/mol. The molecule has 0 aliphatic carbocycles. The fraction of sp³-hybridized carbons (Fsp3) is 0.647. The second-order valence-electron chi connectivity index (χ2n) is 21.1. The molecule has 6 aromatic rings. The number of imidazole rings is 3. The van der Waals surface area contributed by atoms with E-state index in [1.807, 2.05) is 14.7 Å². The van der Waals surface area contributed by atoms with Gasteiger partial charge in [0.05, 0.1) is 53.5 Å². The fourth-order valence-electron chi connectivity index (χ4n) is 10.6. The number of hydrogen-bond acceptors (Lipinski definition) is 28. The average Bonchev–Trinajstić information content (AvgIpc) is 2.78. The smallest absolute Gasteiger partial charge is 0.386 e. The normalized spacial score (nSPS) is 21.1. The number of halogens is 3.